The Balaban J connectivity index is 2.11. The van der Waals surface area contributed by atoms with E-state index in [9.17, 15) is 9.59 Å². The van der Waals surface area contributed by atoms with Gasteiger partial charge in [-0.1, -0.05) is 59.6 Å². The van der Waals surface area contributed by atoms with Crippen LogP contribution in [0.1, 0.15) is 31.9 Å². The van der Waals surface area contributed by atoms with E-state index in [1.807, 2.05) is 44.2 Å². The molecule has 0 bridgehead atoms. The number of benzene rings is 2. The van der Waals surface area contributed by atoms with Gasteiger partial charge >= 0.3 is 0 Å². The largest absolute Gasteiger partial charge is 0.352 e. The van der Waals surface area contributed by atoms with Crippen molar-refractivity contribution in [3.63, 3.8) is 0 Å². The Bertz CT molecular complexity index is 831. The molecule has 4 nitrogen and oxygen atoms in total. The molecule has 0 aliphatic heterocycles. The van der Waals surface area contributed by atoms with Gasteiger partial charge in [-0.05, 0) is 44.0 Å². The molecule has 1 unspecified atom stereocenters. The van der Waals surface area contributed by atoms with Crippen LogP contribution in [0.2, 0.25) is 10.0 Å². The van der Waals surface area contributed by atoms with Crippen LogP contribution in [-0.4, -0.2) is 34.6 Å². The van der Waals surface area contributed by atoms with E-state index in [1.54, 1.807) is 30.0 Å². The first-order chi connectivity index (χ1) is 13.8. The number of thioether (sulfide) groups is 1. The molecule has 1 N–H and O–H groups in total. The maximum atomic E-state index is 13.0. The van der Waals surface area contributed by atoms with Gasteiger partial charge in [0.1, 0.15) is 6.04 Å². The Labute approximate surface area is 187 Å². The predicted molar refractivity (Wildman–Crippen MR) is 122 cm³/mol. The van der Waals surface area contributed by atoms with Crippen LogP contribution in [0.4, 0.5) is 0 Å². The van der Waals surface area contributed by atoms with E-state index in [-0.39, 0.29) is 30.2 Å². The Morgan fingerprint density at radius 2 is 1.76 bits per heavy atom. The van der Waals surface area contributed by atoms with Crippen LogP contribution in [0.15, 0.2) is 48.5 Å². The number of carbonyl (C=O) groups excluding carboxylic acids is 2. The molecule has 29 heavy (non-hydrogen) atoms. The smallest absolute Gasteiger partial charge is 0.242 e. The normalized spacial score (nSPS) is 11.9. The summed E-state index contributed by atoms with van der Waals surface area (Å²) >= 11 is 13.8. The molecule has 0 spiro atoms. The van der Waals surface area contributed by atoms with E-state index < -0.39 is 6.04 Å². The van der Waals surface area contributed by atoms with Crippen LogP contribution in [0.3, 0.4) is 0 Å². The first kappa shape index (κ1) is 23.6. The van der Waals surface area contributed by atoms with Crippen LogP contribution >= 0.6 is 35.0 Å². The van der Waals surface area contributed by atoms with Crippen molar-refractivity contribution in [3.05, 3.63) is 69.7 Å². The molecule has 0 saturated heterocycles. The highest BCUT2D eigenvalue weighted by atomic mass is 35.5. The number of nitrogens with one attached hydrogen (secondary N) is 1. The summed E-state index contributed by atoms with van der Waals surface area (Å²) in [5.41, 5.74) is 1.91. The summed E-state index contributed by atoms with van der Waals surface area (Å²) in [5, 5.41) is 3.88. The standard InChI is InChI=1S/C22H26Cl2N2O2S/c1-15(2)25-22(28)16(3)26(12-18-9-10-19(23)11-20(18)24)21(27)14-29-13-17-7-5-4-6-8-17/h4-11,15-16H,12-14H2,1-3H3,(H,25,28). The molecule has 156 valence electrons. The third-order valence-corrected chi connectivity index (χ3v) is 5.87. The highest BCUT2D eigenvalue weighted by Crippen LogP contribution is 2.24. The quantitative estimate of drug-likeness (QED) is 0.570. The van der Waals surface area contributed by atoms with Crippen LogP contribution in [0, 0.1) is 0 Å². The van der Waals surface area contributed by atoms with Crippen LogP contribution < -0.4 is 5.32 Å². The van der Waals surface area contributed by atoms with Crippen LogP contribution in [-0.2, 0) is 21.9 Å². The summed E-state index contributed by atoms with van der Waals surface area (Å²) in [4.78, 5) is 27.1. The Morgan fingerprint density at radius 3 is 2.38 bits per heavy atom. The van der Waals surface area contributed by atoms with Gasteiger partial charge in [0.15, 0.2) is 0 Å². The van der Waals surface area contributed by atoms with Gasteiger partial charge in [-0.15, -0.1) is 11.8 Å². The second kappa shape index (κ2) is 11.5. The lowest BCUT2D eigenvalue weighted by atomic mass is 10.1. The number of amides is 2. The third kappa shape index (κ3) is 7.57. The van der Waals surface area contributed by atoms with Crippen molar-refractivity contribution in [3.8, 4) is 0 Å². The van der Waals surface area contributed by atoms with Crippen molar-refractivity contribution < 1.29 is 9.59 Å². The van der Waals surface area contributed by atoms with E-state index in [1.165, 1.54) is 11.8 Å². The number of halogens is 2. The van der Waals surface area contributed by atoms with Gasteiger partial charge < -0.3 is 10.2 Å². The molecule has 0 aromatic heterocycles. The van der Waals surface area contributed by atoms with Gasteiger partial charge in [0.2, 0.25) is 11.8 Å². The number of nitrogens with zero attached hydrogens (tertiary/aromatic N) is 1. The minimum absolute atomic E-state index is 0.00604. The van der Waals surface area contributed by atoms with Crippen molar-refractivity contribution in [1.29, 1.82) is 0 Å². The molecule has 0 aliphatic rings. The van der Waals surface area contributed by atoms with Crippen LogP contribution in [0.5, 0.6) is 0 Å². The van der Waals surface area contributed by atoms with Gasteiger partial charge in [0, 0.05) is 28.4 Å². The average Bonchev–Trinajstić information content (AvgIpc) is 2.67. The summed E-state index contributed by atoms with van der Waals surface area (Å²) in [5.74, 6) is 0.712. The second-order valence-corrected chi connectivity index (χ2v) is 8.90. The Kier molecular flexibility index (Phi) is 9.34. The topological polar surface area (TPSA) is 49.4 Å². The fraction of sp³-hybridized carbons (Fsp3) is 0.364. The van der Waals surface area contributed by atoms with Crippen molar-refractivity contribution >= 4 is 46.8 Å². The molecule has 0 heterocycles. The molecule has 2 aromatic carbocycles. The molecule has 1 atom stereocenters. The lowest BCUT2D eigenvalue weighted by Gasteiger charge is -2.29. The molecule has 0 aliphatic carbocycles. The molecule has 2 rings (SSSR count). The second-order valence-electron chi connectivity index (χ2n) is 7.08. The lowest BCUT2D eigenvalue weighted by Crippen LogP contribution is -2.49. The maximum absolute atomic E-state index is 13.0. The van der Waals surface area contributed by atoms with Crippen molar-refractivity contribution in [2.24, 2.45) is 0 Å². The summed E-state index contributed by atoms with van der Waals surface area (Å²) in [6.07, 6.45) is 0. The zero-order valence-corrected chi connectivity index (χ0v) is 19.2. The van der Waals surface area contributed by atoms with Gasteiger partial charge in [-0.2, -0.15) is 0 Å². The first-order valence-electron chi connectivity index (χ1n) is 9.43. The number of carbonyl (C=O) groups is 2. The fourth-order valence-corrected chi connectivity index (χ4v) is 4.07. The highest BCUT2D eigenvalue weighted by molar-refractivity contribution is 7.99. The van der Waals surface area contributed by atoms with E-state index in [4.69, 9.17) is 23.2 Å². The molecule has 2 aromatic rings. The Hall–Kier alpha value is -1.69. The molecule has 7 heteroatoms. The highest BCUT2D eigenvalue weighted by Gasteiger charge is 2.27. The molecule has 0 saturated carbocycles. The third-order valence-electron chi connectivity index (χ3n) is 4.29. The number of hydrogen-bond acceptors (Lipinski definition) is 3. The van der Waals surface area contributed by atoms with Gasteiger partial charge in [0.05, 0.1) is 5.75 Å². The van der Waals surface area contributed by atoms with Gasteiger partial charge in [-0.3, -0.25) is 9.59 Å². The average molecular weight is 453 g/mol. The molecular weight excluding hydrogens is 427 g/mol. The zero-order valence-electron chi connectivity index (χ0n) is 16.8. The van der Waals surface area contributed by atoms with E-state index in [2.05, 4.69) is 5.32 Å². The fourth-order valence-electron chi connectivity index (χ4n) is 2.73. The predicted octanol–water partition coefficient (Wildman–Crippen LogP) is 5.17. The van der Waals surface area contributed by atoms with E-state index in [0.717, 1.165) is 16.9 Å². The summed E-state index contributed by atoms with van der Waals surface area (Å²) < 4.78 is 0. The molecule has 2 amide bonds. The summed E-state index contributed by atoms with van der Waals surface area (Å²) in [6, 6.07) is 14.5. The van der Waals surface area contributed by atoms with Gasteiger partial charge in [-0.25, -0.2) is 0 Å². The van der Waals surface area contributed by atoms with E-state index >= 15 is 0 Å². The Morgan fingerprint density at radius 1 is 1.07 bits per heavy atom. The van der Waals surface area contributed by atoms with Crippen molar-refractivity contribution in [2.45, 2.75) is 45.2 Å². The first-order valence-corrected chi connectivity index (χ1v) is 11.3. The molecular formula is C22H26Cl2N2O2S. The minimum Gasteiger partial charge on any atom is -0.352 e. The van der Waals surface area contributed by atoms with Crippen LogP contribution in [0.25, 0.3) is 0 Å². The lowest BCUT2D eigenvalue weighted by molar-refractivity contribution is -0.138. The monoisotopic (exact) mass is 452 g/mol. The van der Waals surface area contributed by atoms with Crippen molar-refractivity contribution in [2.75, 3.05) is 5.75 Å². The minimum atomic E-state index is -0.617. The zero-order chi connectivity index (χ0) is 21.4. The van der Waals surface area contributed by atoms with E-state index in [0.29, 0.717) is 10.0 Å². The molecule has 0 fully saturated rings. The summed E-state index contributed by atoms with van der Waals surface area (Å²) in [6.45, 7) is 5.76. The van der Waals surface area contributed by atoms with Gasteiger partial charge in [0.25, 0.3) is 0 Å². The molecule has 0 radical (unpaired) electrons. The maximum Gasteiger partial charge on any atom is 0.242 e. The summed E-state index contributed by atoms with van der Waals surface area (Å²) in [7, 11) is 0. The van der Waals surface area contributed by atoms with Crippen molar-refractivity contribution in [1.82, 2.24) is 10.2 Å². The number of rotatable bonds is 9. The SMILES string of the molecule is CC(C)NC(=O)C(C)N(Cc1ccc(Cl)cc1Cl)C(=O)CSCc1ccccc1. The number of hydrogen-bond donors (Lipinski definition) is 1.